The van der Waals surface area contributed by atoms with Gasteiger partial charge in [0.05, 0.1) is 18.6 Å². The molecular weight excluding hydrogens is 254 g/mol. The quantitative estimate of drug-likeness (QED) is 0.674. The molecule has 0 aromatic carbocycles. The SMILES string of the molecule is CCOC(=O)CC1(N(CC)CC)CCOC(C)(CC)C1. The van der Waals surface area contributed by atoms with Crippen molar-refractivity contribution in [3.8, 4) is 0 Å². The third kappa shape index (κ3) is 3.95. The van der Waals surface area contributed by atoms with Crippen LogP contribution < -0.4 is 0 Å². The van der Waals surface area contributed by atoms with Crippen LogP contribution in [-0.2, 0) is 14.3 Å². The Labute approximate surface area is 123 Å². The molecule has 0 aromatic heterocycles. The van der Waals surface area contributed by atoms with E-state index >= 15 is 0 Å². The largest absolute Gasteiger partial charge is 0.466 e. The van der Waals surface area contributed by atoms with Gasteiger partial charge in [-0.2, -0.15) is 0 Å². The molecule has 2 unspecified atom stereocenters. The van der Waals surface area contributed by atoms with Gasteiger partial charge in [-0.15, -0.1) is 0 Å². The predicted octanol–water partition coefficient (Wildman–Crippen LogP) is 3.00. The predicted molar refractivity (Wildman–Crippen MR) is 80.8 cm³/mol. The second-order valence-corrected chi connectivity index (χ2v) is 5.96. The van der Waals surface area contributed by atoms with Crippen molar-refractivity contribution in [2.24, 2.45) is 0 Å². The number of carbonyl (C=O) groups excluding carboxylic acids is 1. The summed E-state index contributed by atoms with van der Waals surface area (Å²) >= 11 is 0. The fraction of sp³-hybridized carbons (Fsp3) is 0.938. The molecule has 0 N–H and O–H groups in total. The van der Waals surface area contributed by atoms with E-state index in [-0.39, 0.29) is 17.1 Å². The number of nitrogens with zero attached hydrogens (tertiary/aromatic N) is 1. The van der Waals surface area contributed by atoms with Gasteiger partial charge < -0.3 is 9.47 Å². The van der Waals surface area contributed by atoms with E-state index in [1.54, 1.807) is 0 Å². The number of esters is 1. The minimum absolute atomic E-state index is 0.0836. The minimum atomic E-state index is -0.132. The van der Waals surface area contributed by atoms with Crippen LogP contribution in [0.15, 0.2) is 0 Å². The van der Waals surface area contributed by atoms with Crippen molar-refractivity contribution >= 4 is 5.97 Å². The van der Waals surface area contributed by atoms with Gasteiger partial charge in [-0.1, -0.05) is 20.8 Å². The zero-order chi connectivity index (χ0) is 15.2. The molecule has 0 amide bonds. The number of rotatable bonds is 7. The van der Waals surface area contributed by atoms with Gasteiger partial charge in [-0.3, -0.25) is 9.69 Å². The number of hydrogen-bond donors (Lipinski definition) is 0. The first-order valence-corrected chi connectivity index (χ1v) is 8.00. The molecule has 0 spiro atoms. The van der Waals surface area contributed by atoms with Crippen molar-refractivity contribution < 1.29 is 14.3 Å². The lowest BCUT2D eigenvalue weighted by Gasteiger charge is -2.51. The van der Waals surface area contributed by atoms with Gasteiger partial charge in [0.2, 0.25) is 0 Å². The second kappa shape index (κ2) is 7.41. The maximum Gasteiger partial charge on any atom is 0.307 e. The molecule has 1 fully saturated rings. The van der Waals surface area contributed by atoms with Crippen LogP contribution in [0, 0.1) is 0 Å². The first-order valence-electron chi connectivity index (χ1n) is 8.00. The van der Waals surface area contributed by atoms with Gasteiger partial charge in [0.25, 0.3) is 0 Å². The Hall–Kier alpha value is -0.610. The summed E-state index contributed by atoms with van der Waals surface area (Å²) < 4.78 is 11.2. The monoisotopic (exact) mass is 285 g/mol. The summed E-state index contributed by atoms with van der Waals surface area (Å²) in [6.07, 6.45) is 3.25. The van der Waals surface area contributed by atoms with Gasteiger partial charge in [0.15, 0.2) is 0 Å². The molecule has 0 radical (unpaired) electrons. The maximum absolute atomic E-state index is 12.1. The fourth-order valence-electron chi connectivity index (χ4n) is 3.46. The molecule has 0 saturated carbocycles. The van der Waals surface area contributed by atoms with Crippen LogP contribution in [0.25, 0.3) is 0 Å². The van der Waals surface area contributed by atoms with E-state index in [1.807, 2.05) is 6.92 Å². The van der Waals surface area contributed by atoms with Crippen molar-refractivity contribution in [1.29, 1.82) is 0 Å². The van der Waals surface area contributed by atoms with Gasteiger partial charge in [0.1, 0.15) is 0 Å². The summed E-state index contributed by atoms with van der Waals surface area (Å²) in [4.78, 5) is 14.5. The summed E-state index contributed by atoms with van der Waals surface area (Å²) in [6, 6.07) is 0. The second-order valence-electron chi connectivity index (χ2n) is 5.96. The normalized spacial score (nSPS) is 30.5. The highest BCUT2D eigenvalue weighted by molar-refractivity contribution is 5.71. The molecular formula is C16H31NO3. The van der Waals surface area contributed by atoms with E-state index in [1.165, 1.54) is 0 Å². The standard InChI is InChI=1S/C16H31NO3/c1-6-15(5)13-16(10-11-20-15,17(7-2)8-3)12-14(18)19-9-4/h6-13H2,1-5H3. The average molecular weight is 285 g/mol. The minimum Gasteiger partial charge on any atom is -0.466 e. The van der Waals surface area contributed by atoms with Crippen LogP contribution in [0.4, 0.5) is 0 Å². The molecule has 1 aliphatic rings. The Bertz CT molecular complexity index is 317. The van der Waals surface area contributed by atoms with Gasteiger partial charge in [0, 0.05) is 12.1 Å². The molecule has 1 aliphatic heterocycles. The van der Waals surface area contributed by atoms with Crippen molar-refractivity contribution in [3.63, 3.8) is 0 Å². The van der Waals surface area contributed by atoms with Crippen LogP contribution in [-0.4, -0.2) is 48.3 Å². The molecule has 4 heteroatoms. The lowest BCUT2D eigenvalue weighted by Crippen LogP contribution is -2.58. The molecule has 0 bridgehead atoms. The Morgan fingerprint density at radius 1 is 1.25 bits per heavy atom. The molecule has 0 aliphatic carbocycles. The van der Waals surface area contributed by atoms with E-state index in [9.17, 15) is 4.79 Å². The van der Waals surface area contributed by atoms with Gasteiger partial charge in [-0.05, 0) is 46.2 Å². The van der Waals surface area contributed by atoms with Crippen molar-refractivity contribution in [1.82, 2.24) is 4.90 Å². The average Bonchev–Trinajstić information content (AvgIpc) is 2.40. The summed E-state index contributed by atoms with van der Waals surface area (Å²) in [7, 11) is 0. The van der Waals surface area contributed by atoms with Crippen molar-refractivity contribution in [2.75, 3.05) is 26.3 Å². The third-order valence-corrected chi connectivity index (χ3v) is 4.68. The van der Waals surface area contributed by atoms with Crippen LogP contribution >= 0.6 is 0 Å². The number of hydrogen-bond acceptors (Lipinski definition) is 4. The number of carbonyl (C=O) groups is 1. The fourth-order valence-corrected chi connectivity index (χ4v) is 3.46. The van der Waals surface area contributed by atoms with Gasteiger partial charge >= 0.3 is 5.97 Å². The molecule has 0 aromatic rings. The Morgan fingerprint density at radius 2 is 1.90 bits per heavy atom. The Morgan fingerprint density at radius 3 is 2.40 bits per heavy atom. The highest BCUT2D eigenvalue weighted by atomic mass is 16.5. The molecule has 4 nitrogen and oxygen atoms in total. The van der Waals surface area contributed by atoms with E-state index < -0.39 is 0 Å². The third-order valence-electron chi connectivity index (χ3n) is 4.68. The van der Waals surface area contributed by atoms with E-state index in [2.05, 4.69) is 32.6 Å². The highest BCUT2D eigenvalue weighted by Gasteiger charge is 2.46. The molecule has 1 heterocycles. The topological polar surface area (TPSA) is 38.8 Å². The summed E-state index contributed by atoms with van der Waals surface area (Å²) in [5.74, 6) is -0.0836. The molecule has 1 rings (SSSR count). The zero-order valence-electron chi connectivity index (χ0n) is 13.8. The lowest BCUT2D eigenvalue weighted by molar-refractivity contribution is -0.159. The van der Waals surface area contributed by atoms with Gasteiger partial charge in [-0.25, -0.2) is 0 Å². The first-order chi connectivity index (χ1) is 9.45. The van der Waals surface area contributed by atoms with Crippen molar-refractivity contribution in [3.05, 3.63) is 0 Å². The van der Waals surface area contributed by atoms with Crippen LogP contribution in [0.3, 0.4) is 0 Å². The van der Waals surface area contributed by atoms with E-state index in [0.29, 0.717) is 13.0 Å². The Balaban J connectivity index is 2.97. The molecule has 118 valence electrons. The first kappa shape index (κ1) is 17.4. The van der Waals surface area contributed by atoms with E-state index in [4.69, 9.17) is 9.47 Å². The number of ether oxygens (including phenoxy) is 2. The summed E-state index contributed by atoms with van der Waals surface area (Å²) in [6.45, 7) is 13.6. The summed E-state index contributed by atoms with van der Waals surface area (Å²) in [5, 5.41) is 0. The molecule has 1 saturated heterocycles. The highest BCUT2D eigenvalue weighted by Crippen LogP contribution is 2.40. The smallest absolute Gasteiger partial charge is 0.307 e. The van der Waals surface area contributed by atoms with Crippen molar-refractivity contribution in [2.45, 2.75) is 71.4 Å². The molecule has 2 atom stereocenters. The van der Waals surface area contributed by atoms with Crippen LogP contribution in [0.1, 0.15) is 60.3 Å². The Kier molecular flexibility index (Phi) is 6.46. The van der Waals surface area contributed by atoms with E-state index in [0.717, 1.165) is 39.0 Å². The van der Waals surface area contributed by atoms with Crippen LogP contribution in [0.2, 0.25) is 0 Å². The maximum atomic E-state index is 12.1. The van der Waals surface area contributed by atoms with Crippen LogP contribution in [0.5, 0.6) is 0 Å². The lowest BCUT2D eigenvalue weighted by atomic mass is 9.76. The summed E-state index contributed by atoms with van der Waals surface area (Å²) in [5.41, 5.74) is -0.244. The zero-order valence-corrected chi connectivity index (χ0v) is 13.8. The molecule has 20 heavy (non-hydrogen) atoms.